The second kappa shape index (κ2) is 10.3. The number of rotatable bonds is 6. The molecule has 0 saturated carbocycles. The van der Waals surface area contributed by atoms with E-state index in [-0.39, 0.29) is 11.8 Å². The Morgan fingerprint density at radius 3 is 2.33 bits per heavy atom. The summed E-state index contributed by atoms with van der Waals surface area (Å²) in [6.07, 6.45) is -2.78. The summed E-state index contributed by atoms with van der Waals surface area (Å²) in [6, 6.07) is 11.5. The molecule has 12 heteroatoms. The second-order valence-electron chi connectivity index (χ2n) is 10.2. The van der Waals surface area contributed by atoms with Crippen LogP contribution in [0, 0.1) is 0 Å². The standard InChI is InChI=1S/C27H30F2N8O2/c28-24(29)26-31-20-3-1-2-4-22(20)37(26)27-32-21-6-5-18(15-34-16-19(17-34)35-7-11-38-12-8-35)30-23(21)25(33-27)36-9-13-39-14-10-36/h1-6,19,24H,7-17H2. The van der Waals surface area contributed by atoms with Crippen molar-refractivity contribution < 1.29 is 18.3 Å². The summed E-state index contributed by atoms with van der Waals surface area (Å²) < 4.78 is 40.6. The van der Waals surface area contributed by atoms with E-state index in [0.717, 1.165) is 51.6 Å². The molecule has 0 amide bonds. The van der Waals surface area contributed by atoms with E-state index >= 15 is 0 Å². The first kappa shape index (κ1) is 24.7. The van der Waals surface area contributed by atoms with E-state index in [1.54, 1.807) is 24.3 Å². The molecule has 3 aromatic heterocycles. The number of aromatic nitrogens is 5. The Morgan fingerprint density at radius 1 is 0.821 bits per heavy atom. The Morgan fingerprint density at radius 2 is 1.56 bits per heavy atom. The minimum atomic E-state index is -2.78. The fraction of sp³-hybridized carbons (Fsp3) is 0.481. The Bertz CT molecular complexity index is 1480. The van der Waals surface area contributed by atoms with Crippen molar-refractivity contribution in [1.29, 1.82) is 0 Å². The molecule has 0 radical (unpaired) electrons. The van der Waals surface area contributed by atoms with Gasteiger partial charge in [0.1, 0.15) is 5.52 Å². The van der Waals surface area contributed by atoms with Gasteiger partial charge in [-0.2, -0.15) is 4.98 Å². The lowest BCUT2D eigenvalue weighted by Crippen LogP contribution is -2.60. The average molecular weight is 537 g/mol. The molecule has 3 aliphatic rings. The molecule has 3 saturated heterocycles. The van der Waals surface area contributed by atoms with Gasteiger partial charge in [0.2, 0.25) is 5.95 Å². The van der Waals surface area contributed by atoms with Crippen LogP contribution in [0.4, 0.5) is 14.6 Å². The maximum Gasteiger partial charge on any atom is 0.296 e. The van der Waals surface area contributed by atoms with Gasteiger partial charge in [0.25, 0.3) is 6.43 Å². The van der Waals surface area contributed by atoms with Crippen LogP contribution in [0.25, 0.3) is 28.0 Å². The molecule has 204 valence electrons. The summed E-state index contributed by atoms with van der Waals surface area (Å²) >= 11 is 0. The highest BCUT2D eigenvalue weighted by Gasteiger charge is 2.33. The fourth-order valence-electron chi connectivity index (χ4n) is 5.69. The molecule has 0 N–H and O–H groups in total. The highest BCUT2D eigenvalue weighted by molar-refractivity contribution is 5.87. The van der Waals surface area contributed by atoms with Gasteiger partial charge in [-0.25, -0.2) is 23.7 Å². The minimum Gasteiger partial charge on any atom is -0.379 e. The van der Waals surface area contributed by atoms with Crippen LogP contribution in [0.15, 0.2) is 36.4 Å². The number of imidazole rings is 1. The summed E-state index contributed by atoms with van der Waals surface area (Å²) in [5.41, 5.74) is 3.24. The number of hydrogen-bond acceptors (Lipinski definition) is 9. The summed E-state index contributed by atoms with van der Waals surface area (Å²) in [5, 5.41) is 0. The smallest absolute Gasteiger partial charge is 0.296 e. The monoisotopic (exact) mass is 536 g/mol. The van der Waals surface area contributed by atoms with Crippen molar-refractivity contribution in [1.82, 2.24) is 34.3 Å². The number of benzene rings is 1. The molecular formula is C27H30F2N8O2. The van der Waals surface area contributed by atoms with Crippen molar-refractivity contribution in [2.45, 2.75) is 19.0 Å². The zero-order valence-corrected chi connectivity index (χ0v) is 21.5. The van der Waals surface area contributed by atoms with Crippen LogP contribution in [-0.4, -0.2) is 106 Å². The van der Waals surface area contributed by atoms with Crippen molar-refractivity contribution in [3.8, 4) is 5.95 Å². The van der Waals surface area contributed by atoms with Gasteiger partial charge in [-0.05, 0) is 24.3 Å². The van der Waals surface area contributed by atoms with Crippen LogP contribution in [0.3, 0.4) is 0 Å². The molecule has 3 aliphatic heterocycles. The number of fused-ring (bicyclic) bond motifs is 2. The highest BCUT2D eigenvalue weighted by Crippen LogP contribution is 2.30. The molecule has 0 spiro atoms. The zero-order chi connectivity index (χ0) is 26.3. The van der Waals surface area contributed by atoms with Gasteiger partial charge in [0, 0.05) is 51.9 Å². The van der Waals surface area contributed by atoms with Crippen molar-refractivity contribution in [2.75, 3.05) is 70.6 Å². The second-order valence-corrected chi connectivity index (χ2v) is 10.2. The third-order valence-corrected chi connectivity index (χ3v) is 7.75. The molecule has 6 heterocycles. The first-order chi connectivity index (χ1) is 19.1. The Hall–Kier alpha value is -3.32. The number of hydrogen-bond donors (Lipinski definition) is 0. The van der Waals surface area contributed by atoms with Gasteiger partial charge in [0.05, 0.1) is 48.7 Å². The molecule has 3 fully saturated rings. The molecule has 1 aromatic carbocycles. The third kappa shape index (κ3) is 4.71. The van der Waals surface area contributed by atoms with Gasteiger partial charge in [0.15, 0.2) is 11.6 Å². The van der Waals surface area contributed by atoms with Crippen LogP contribution >= 0.6 is 0 Å². The number of nitrogens with zero attached hydrogens (tertiary/aromatic N) is 8. The molecule has 39 heavy (non-hydrogen) atoms. The van der Waals surface area contributed by atoms with Crippen LogP contribution in [0.1, 0.15) is 17.9 Å². The van der Waals surface area contributed by atoms with E-state index in [9.17, 15) is 8.78 Å². The van der Waals surface area contributed by atoms with Crippen LogP contribution in [-0.2, 0) is 16.0 Å². The van der Waals surface area contributed by atoms with Gasteiger partial charge in [-0.15, -0.1) is 0 Å². The number of morpholine rings is 2. The third-order valence-electron chi connectivity index (χ3n) is 7.75. The molecule has 4 aromatic rings. The first-order valence-corrected chi connectivity index (χ1v) is 13.4. The minimum absolute atomic E-state index is 0.165. The number of halogens is 2. The molecule has 10 nitrogen and oxygen atoms in total. The maximum atomic E-state index is 14.1. The van der Waals surface area contributed by atoms with Gasteiger partial charge in [-0.1, -0.05) is 12.1 Å². The van der Waals surface area contributed by atoms with Crippen molar-refractivity contribution >= 4 is 27.9 Å². The summed E-state index contributed by atoms with van der Waals surface area (Å²) in [5.74, 6) is 0.423. The largest absolute Gasteiger partial charge is 0.379 e. The summed E-state index contributed by atoms with van der Waals surface area (Å²) in [7, 11) is 0. The Kier molecular flexibility index (Phi) is 6.55. The number of ether oxygens (including phenoxy) is 2. The zero-order valence-electron chi connectivity index (χ0n) is 21.5. The average Bonchev–Trinajstić information content (AvgIpc) is 3.35. The molecule has 0 unspecified atom stereocenters. The lowest BCUT2D eigenvalue weighted by atomic mass is 10.1. The van der Waals surface area contributed by atoms with Crippen molar-refractivity contribution in [3.63, 3.8) is 0 Å². The van der Waals surface area contributed by atoms with Crippen LogP contribution < -0.4 is 4.90 Å². The molecule has 0 atom stereocenters. The van der Waals surface area contributed by atoms with Crippen LogP contribution in [0.2, 0.25) is 0 Å². The number of pyridine rings is 1. The fourth-order valence-corrected chi connectivity index (χ4v) is 5.69. The van der Waals surface area contributed by atoms with E-state index in [0.29, 0.717) is 60.2 Å². The van der Waals surface area contributed by atoms with Crippen molar-refractivity contribution in [3.05, 3.63) is 47.9 Å². The van der Waals surface area contributed by atoms with Gasteiger partial charge < -0.3 is 14.4 Å². The Labute approximate surface area is 224 Å². The van der Waals surface area contributed by atoms with E-state index in [4.69, 9.17) is 24.4 Å². The van der Waals surface area contributed by atoms with Crippen LogP contribution in [0.5, 0.6) is 0 Å². The van der Waals surface area contributed by atoms with E-state index in [1.807, 2.05) is 12.1 Å². The number of para-hydroxylation sites is 2. The summed E-state index contributed by atoms with van der Waals surface area (Å²) in [4.78, 5) is 25.7. The van der Waals surface area contributed by atoms with E-state index < -0.39 is 6.43 Å². The molecular weight excluding hydrogens is 506 g/mol. The quantitative estimate of drug-likeness (QED) is 0.369. The normalized spacial score (nSPS) is 19.8. The number of likely N-dealkylation sites (tertiary alicyclic amines) is 1. The van der Waals surface area contributed by atoms with Gasteiger partial charge >= 0.3 is 0 Å². The topological polar surface area (TPSA) is 84.7 Å². The number of anilines is 1. The van der Waals surface area contributed by atoms with Gasteiger partial charge in [-0.3, -0.25) is 14.4 Å². The molecule has 0 aliphatic carbocycles. The SMILES string of the molecule is FC(F)c1nc2ccccc2n1-c1nc(N2CCOCC2)c2nc(CN3CC(N4CCOCC4)C3)ccc2n1. The summed E-state index contributed by atoms with van der Waals surface area (Å²) in [6.45, 7) is 8.76. The molecule has 7 rings (SSSR count). The molecule has 0 bridgehead atoms. The van der Waals surface area contributed by atoms with E-state index in [2.05, 4.69) is 19.7 Å². The van der Waals surface area contributed by atoms with E-state index in [1.165, 1.54) is 4.57 Å². The highest BCUT2D eigenvalue weighted by atomic mass is 19.3. The van der Waals surface area contributed by atoms with Crippen molar-refractivity contribution in [2.24, 2.45) is 0 Å². The predicted octanol–water partition coefficient (Wildman–Crippen LogP) is 2.65. The maximum absolute atomic E-state index is 14.1. The predicted molar refractivity (Wildman–Crippen MR) is 141 cm³/mol. The number of alkyl halides is 2. The Balaban J connectivity index is 1.24. The first-order valence-electron chi connectivity index (χ1n) is 13.4. The lowest BCUT2D eigenvalue weighted by Gasteiger charge is -2.46. The lowest BCUT2D eigenvalue weighted by molar-refractivity contribution is -0.0347.